The van der Waals surface area contributed by atoms with Crippen LogP contribution in [0.3, 0.4) is 0 Å². The van der Waals surface area contributed by atoms with Crippen LogP contribution in [-0.4, -0.2) is 47.3 Å². The molecule has 2 rings (SSSR count). The van der Waals surface area contributed by atoms with Gasteiger partial charge in [0.2, 0.25) is 5.91 Å². The Labute approximate surface area is 247 Å². The second-order valence-corrected chi connectivity index (χ2v) is 10.8. The van der Waals surface area contributed by atoms with E-state index in [2.05, 4.69) is 12.2 Å². The highest BCUT2D eigenvalue weighted by atomic mass is 16.5. The number of ketones is 1. The fourth-order valence-corrected chi connectivity index (χ4v) is 4.67. The molecule has 0 aromatic heterocycles. The van der Waals surface area contributed by atoms with Crippen LogP contribution in [-0.2, 0) is 4.79 Å². The third-order valence-electron chi connectivity index (χ3n) is 7.23. The monoisotopic (exact) mass is 565 g/mol. The molecule has 6 nitrogen and oxygen atoms in total. The summed E-state index contributed by atoms with van der Waals surface area (Å²) in [5.74, 6) is 0.703. The van der Waals surface area contributed by atoms with Gasteiger partial charge in [0.1, 0.15) is 5.75 Å². The highest BCUT2D eigenvalue weighted by molar-refractivity contribution is 6.08. The van der Waals surface area contributed by atoms with Gasteiger partial charge < -0.3 is 20.3 Å². The normalized spacial score (nSPS) is 12.8. The molecule has 1 amide bonds. The molecule has 0 unspecified atom stereocenters. The fourth-order valence-electron chi connectivity index (χ4n) is 4.67. The molecule has 0 radical (unpaired) electrons. The van der Waals surface area contributed by atoms with Gasteiger partial charge in [-0.3, -0.25) is 9.59 Å². The van der Waals surface area contributed by atoms with Gasteiger partial charge in [0, 0.05) is 17.5 Å². The fraction of sp³-hybridized carbons (Fsp3) is 0.543. The van der Waals surface area contributed by atoms with E-state index in [1.54, 1.807) is 6.08 Å². The van der Waals surface area contributed by atoms with Gasteiger partial charge >= 0.3 is 0 Å². The van der Waals surface area contributed by atoms with Crippen LogP contribution in [0, 0.1) is 0 Å². The zero-order chi connectivity index (χ0) is 29.5. The van der Waals surface area contributed by atoms with E-state index in [0.29, 0.717) is 24.2 Å². The molecule has 0 spiro atoms. The van der Waals surface area contributed by atoms with E-state index in [1.165, 1.54) is 32.1 Å². The van der Waals surface area contributed by atoms with Crippen LogP contribution < -0.4 is 10.1 Å². The van der Waals surface area contributed by atoms with Crippen LogP contribution in [0.4, 0.5) is 0 Å². The maximum absolute atomic E-state index is 12.5. The molecule has 226 valence electrons. The first-order chi connectivity index (χ1) is 20.0. The van der Waals surface area contributed by atoms with Crippen LogP contribution in [0.2, 0.25) is 0 Å². The first kappa shape index (κ1) is 34.2. The molecule has 2 aromatic carbocycles. The SMILES string of the molecule is CCCCCCCC(=O)N[C@@H](CO)[C@H](O)C=CCCCCCCCCCOc1ccc(C(=O)c2ccccc2)cc1. The van der Waals surface area contributed by atoms with E-state index < -0.39 is 12.1 Å². The molecule has 0 saturated heterocycles. The van der Waals surface area contributed by atoms with Crippen molar-refractivity contribution >= 4 is 11.7 Å². The molecule has 0 aliphatic heterocycles. The third kappa shape index (κ3) is 15.0. The van der Waals surface area contributed by atoms with Crippen molar-refractivity contribution in [2.45, 2.75) is 109 Å². The van der Waals surface area contributed by atoms with E-state index in [1.807, 2.05) is 60.7 Å². The van der Waals surface area contributed by atoms with Crippen LogP contribution in [0.25, 0.3) is 0 Å². The zero-order valence-corrected chi connectivity index (χ0v) is 24.9. The summed E-state index contributed by atoms with van der Waals surface area (Å²) in [5.41, 5.74) is 1.35. The first-order valence-electron chi connectivity index (χ1n) is 15.6. The molecular formula is C35H51NO5. The Morgan fingerprint density at radius 2 is 1.41 bits per heavy atom. The predicted octanol–water partition coefficient (Wildman–Crippen LogP) is 7.17. The minimum absolute atomic E-state index is 0.0187. The van der Waals surface area contributed by atoms with Crippen molar-refractivity contribution in [3.8, 4) is 5.75 Å². The lowest BCUT2D eigenvalue weighted by Gasteiger charge is -2.20. The number of benzene rings is 2. The van der Waals surface area contributed by atoms with Crippen LogP contribution in [0.5, 0.6) is 5.75 Å². The van der Waals surface area contributed by atoms with Gasteiger partial charge in [-0.25, -0.2) is 0 Å². The van der Waals surface area contributed by atoms with Gasteiger partial charge in [-0.15, -0.1) is 0 Å². The molecule has 0 aliphatic carbocycles. The molecule has 2 aromatic rings. The number of unbranched alkanes of at least 4 members (excludes halogenated alkanes) is 11. The Morgan fingerprint density at radius 3 is 2.10 bits per heavy atom. The van der Waals surface area contributed by atoms with Crippen molar-refractivity contribution < 1.29 is 24.5 Å². The average molecular weight is 566 g/mol. The Kier molecular flexibility index (Phi) is 18.2. The minimum Gasteiger partial charge on any atom is -0.494 e. The summed E-state index contributed by atoms with van der Waals surface area (Å²) < 4.78 is 5.84. The number of hydrogen-bond acceptors (Lipinski definition) is 5. The number of rotatable bonds is 23. The number of aliphatic hydroxyl groups excluding tert-OH is 2. The maximum atomic E-state index is 12.5. The third-order valence-corrected chi connectivity index (χ3v) is 7.23. The molecular weight excluding hydrogens is 514 g/mol. The summed E-state index contributed by atoms with van der Waals surface area (Å²) in [7, 11) is 0. The Balaban J connectivity index is 1.46. The molecule has 0 aliphatic rings. The van der Waals surface area contributed by atoms with E-state index in [4.69, 9.17) is 4.74 Å². The quantitative estimate of drug-likeness (QED) is 0.0754. The summed E-state index contributed by atoms with van der Waals surface area (Å²) in [4.78, 5) is 24.6. The van der Waals surface area contributed by atoms with E-state index in [-0.39, 0.29) is 18.3 Å². The Hall–Kier alpha value is -2.96. The molecule has 41 heavy (non-hydrogen) atoms. The number of carbonyl (C=O) groups excluding carboxylic acids is 2. The molecule has 3 N–H and O–H groups in total. The number of ether oxygens (including phenoxy) is 1. The summed E-state index contributed by atoms with van der Waals surface area (Å²) in [6.45, 7) is 2.56. The molecule has 0 bridgehead atoms. The second-order valence-electron chi connectivity index (χ2n) is 10.8. The largest absolute Gasteiger partial charge is 0.494 e. The molecule has 2 atom stereocenters. The van der Waals surface area contributed by atoms with Crippen molar-refractivity contribution in [1.29, 1.82) is 0 Å². The highest BCUT2D eigenvalue weighted by Crippen LogP contribution is 2.16. The van der Waals surface area contributed by atoms with Crippen molar-refractivity contribution in [2.24, 2.45) is 0 Å². The summed E-state index contributed by atoms with van der Waals surface area (Å²) in [6.07, 6.45) is 17.4. The first-order valence-corrected chi connectivity index (χ1v) is 15.6. The summed E-state index contributed by atoms with van der Waals surface area (Å²) >= 11 is 0. The minimum atomic E-state index is -0.874. The van der Waals surface area contributed by atoms with Gasteiger partial charge in [0.05, 0.1) is 25.4 Å². The van der Waals surface area contributed by atoms with Gasteiger partial charge in [-0.1, -0.05) is 107 Å². The lowest BCUT2D eigenvalue weighted by atomic mass is 10.0. The standard InChI is InChI=1S/C35H51NO5/c1-2-3-4-10-17-22-34(39)36-32(28-37)33(38)21-16-11-8-6-5-7-9-12-18-27-41-31-25-23-30(24-26-31)35(40)29-19-14-13-15-20-29/h13-16,19-21,23-26,32-33,37-38H,2-12,17-18,22,27-28H2,1H3,(H,36,39)/t32-,33+/m0/s1. The van der Waals surface area contributed by atoms with Crippen LogP contribution in [0.15, 0.2) is 66.7 Å². The van der Waals surface area contributed by atoms with Crippen molar-refractivity contribution in [3.05, 3.63) is 77.9 Å². The van der Waals surface area contributed by atoms with Gasteiger partial charge in [-0.05, 0) is 49.9 Å². The topological polar surface area (TPSA) is 95.9 Å². The molecule has 0 fully saturated rings. The van der Waals surface area contributed by atoms with Gasteiger partial charge in [0.25, 0.3) is 0 Å². The Bertz CT molecular complexity index is 989. The maximum Gasteiger partial charge on any atom is 0.220 e. The predicted molar refractivity (Wildman–Crippen MR) is 166 cm³/mol. The zero-order valence-electron chi connectivity index (χ0n) is 24.9. The highest BCUT2D eigenvalue weighted by Gasteiger charge is 2.17. The summed E-state index contributed by atoms with van der Waals surface area (Å²) in [6, 6.07) is 16.0. The Morgan fingerprint density at radius 1 is 0.805 bits per heavy atom. The molecule has 0 heterocycles. The summed E-state index contributed by atoms with van der Waals surface area (Å²) in [5, 5.41) is 22.6. The smallest absolute Gasteiger partial charge is 0.220 e. The number of aliphatic hydroxyl groups is 2. The van der Waals surface area contributed by atoms with Crippen molar-refractivity contribution in [1.82, 2.24) is 5.32 Å². The number of allylic oxidation sites excluding steroid dienone is 1. The number of hydrogen-bond donors (Lipinski definition) is 3. The van der Waals surface area contributed by atoms with Crippen molar-refractivity contribution in [2.75, 3.05) is 13.2 Å². The van der Waals surface area contributed by atoms with E-state index in [9.17, 15) is 19.8 Å². The molecule has 0 saturated carbocycles. The number of amides is 1. The van der Waals surface area contributed by atoms with Crippen LogP contribution >= 0.6 is 0 Å². The van der Waals surface area contributed by atoms with E-state index >= 15 is 0 Å². The van der Waals surface area contributed by atoms with Gasteiger partial charge in [0.15, 0.2) is 5.78 Å². The number of nitrogens with one attached hydrogen (secondary N) is 1. The average Bonchev–Trinajstić information content (AvgIpc) is 3.00. The van der Waals surface area contributed by atoms with E-state index in [0.717, 1.165) is 57.1 Å². The number of carbonyl (C=O) groups is 2. The van der Waals surface area contributed by atoms with Crippen LogP contribution in [0.1, 0.15) is 113 Å². The lowest BCUT2D eigenvalue weighted by molar-refractivity contribution is -0.123. The van der Waals surface area contributed by atoms with Crippen molar-refractivity contribution in [3.63, 3.8) is 0 Å². The molecule has 6 heteroatoms. The lowest BCUT2D eigenvalue weighted by Crippen LogP contribution is -2.45. The second kappa shape index (κ2) is 21.7. The van der Waals surface area contributed by atoms with Gasteiger partial charge in [-0.2, -0.15) is 0 Å².